The first-order chi connectivity index (χ1) is 9.67. The van der Waals surface area contributed by atoms with Crippen LogP contribution in [-0.2, 0) is 5.88 Å². The van der Waals surface area contributed by atoms with Crippen LogP contribution in [-0.4, -0.2) is 7.11 Å². The minimum atomic E-state index is -0.375. The van der Waals surface area contributed by atoms with Crippen molar-refractivity contribution in [3.63, 3.8) is 0 Å². The number of ether oxygens (including phenoxy) is 2. The second-order valence-corrected chi connectivity index (χ2v) is 4.23. The summed E-state index contributed by atoms with van der Waals surface area (Å²) in [5, 5.41) is 8.85. The van der Waals surface area contributed by atoms with Gasteiger partial charge in [0.15, 0.2) is 11.5 Å². The fourth-order valence-electron chi connectivity index (χ4n) is 1.69. The summed E-state index contributed by atoms with van der Waals surface area (Å²) in [4.78, 5) is 0. The number of alkyl halides is 1. The molecule has 0 N–H and O–H groups in total. The van der Waals surface area contributed by atoms with Gasteiger partial charge in [0.2, 0.25) is 0 Å². The van der Waals surface area contributed by atoms with Crippen LogP contribution in [0.5, 0.6) is 17.2 Å². The summed E-state index contributed by atoms with van der Waals surface area (Å²) in [5.41, 5.74) is 1.00. The third-order valence-electron chi connectivity index (χ3n) is 2.68. The zero-order valence-electron chi connectivity index (χ0n) is 10.7. The summed E-state index contributed by atoms with van der Waals surface area (Å²) in [5.74, 6) is 1.06. The van der Waals surface area contributed by atoms with Gasteiger partial charge < -0.3 is 9.47 Å². The van der Waals surface area contributed by atoms with E-state index in [1.807, 2.05) is 6.07 Å². The van der Waals surface area contributed by atoms with Gasteiger partial charge in [-0.15, -0.1) is 11.6 Å². The van der Waals surface area contributed by atoms with Gasteiger partial charge in [0.05, 0.1) is 24.6 Å². The van der Waals surface area contributed by atoms with Gasteiger partial charge in [0.1, 0.15) is 11.6 Å². The van der Waals surface area contributed by atoms with E-state index in [0.29, 0.717) is 28.4 Å². The first-order valence-corrected chi connectivity index (χ1v) is 6.31. The van der Waals surface area contributed by atoms with E-state index in [1.54, 1.807) is 18.2 Å². The monoisotopic (exact) mass is 291 g/mol. The number of benzene rings is 2. The average molecular weight is 292 g/mol. The molecule has 0 aliphatic heterocycles. The van der Waals surface area contributed by atoms with Gasteiger partial charge in [-0.3, -0.25) is 0 Å². The minimum absolute atomic E-state index is 0.131. The number of nitrogens with zero attached hydrogens (tertiary/aromatic N) is 1. The molecule has 2 aromatic carbocycles. The molecule has 0 fully saturated rings. The molecule has 2 rings (SSSR count). The summed E-state index contributed by atoms with van der Waals surface area (Å²) in [7, 11) is 1.48. The number of halogens is 2. The lowest BCUT2D eigenvalue weighted by atomic mass is 10.2. The molecule has 0 aromatic heterocycles. The highest BCUT2D eigenvalue weighted by Gasteiger charge is 2.10. The molecule has 0 radical (unpaired) electrons. The van der Waals surface area contributed by atoms with Crippen molar-refractivity contribution in [2.24, 2.45) is 0 Å². The van der Waals surface area contributed by atoms with E-state index < -0.39 is 0 Å². The predicted molar refractivity (Wildman–Crippen MR) is 73.7 cm³/mol. The van der Waals surface area contributed by atoms with Crippen LogP contribution in [0.4, 0.5) is 4.39 Å². The Labute approximate surface area is 121 Å². The van der Waals surface area contributed by atoms with Crippen LogP contribution in [0, 0.1) is 17.1 Å². The van der Waals surface area contributed by atoms with Crippen molar-refractivity contribution in [2.45, 2.75) is 5.88 Å². The van der Waals surface area contributed by atoms with Crippen molar-refractivity contribution in [3.05, 3.63) is 53.3 Å². The molecule has 0 spiro atoms. The lowest BCUT2D eigenvalue weighted by Crippen LogP contribution is -1.94. The van der Waals surface area contributed by atoms with Gasteiger partial charge >= 0.3 is 0 Å². The van der Waals surface area contributed by atoms with E-state index in [4.69, 9.17) is 26.3 Å². The van der Waals surface area contributed by atoms with E-state index in [2.05, 4.69) is 0 Å². The summed E-state index contributed by atoms with van der Waals surface area (Å²) in [6, 6.07) is 10.9. The minimum Gasteiger partial charge on any atom is -0.493 e. The molecule has 0 aliphatic rings. The molecule has 0 aliphatic carbocycles. The second-order valence-electron chi connectivity index (χ2n) is 3.97. The molecule has 20 heavy (non-hydrogen) atoms. The quantitative estimate of drug-likeness (QED) is 0.791. The first-order valence-electron chi connectivity index (χ1n) is 5.78. The SMILES string of the molecule is COc1cc(C#N)ccc1Oc1ccc(F)cc1CCl. The van der Waals surface area contributed by atoms with Gasteiger partial charge in [-0.05, 0) is 30.3 Å². The van der Waals surface area contributed by atoms with E-state index in [9.17, 15) is 4.39 Å². The molecule has 0 saturated carbocycles. The molecule has 2 aromatic rings. The maximum atomic E-state index is 13.1. The maximum Gasteiger partial charge on any atom is 0.169 e. The molecule has 0 heterocycles. The number of methoxy groups -OCH3 is 1. The molecule has 3 nitrogen and oxygen atoms in total. The molecule has 0 unspecified atom stereocenters. The van der Waals surface area contributed by atoms with Crippen LogP contribution < -0.4 is 9.47 Å². The molecule has 0 atom stereocenters. The molecular formula is C15H11ClFNO2. The standard InChI is InChI=1S/C15H11ClFNO2/c1-19-15-6-10(9-18)2-4-14(15)20-13-5-3-12(17)7-11(13)8-16/h2-7H,8H2,1H3. The van der Waals surface area contributed by atoms with Crippen molar-refractivity contribution >= 4 is 11.6 Å². The Bertz CT molecular complexity index is 667. The molecule has 0 saturated heterocycles. The van der Waals surface area contributed by atoms with E-state index in [0.717, 1.165) is 0 Å². The van der Waals surface area contributed by atoms with Gasteiger partial charge in [-0.2, -0.15) is 5.26 Å². The maximum absolute atomic E-state index is 13.1. The summed E-state index contributed by atoms with van der Waals surface area (Å²) in [6.45, 7) is 0. The fourth-order valence-corrected chi connectivity index (χ4v) is 1.90. The smallest absolute Gasteiger partial charge is 0.169 e. The summed E-state index contributed by atoms with van der Waals surface area (Å²) in [6.07, 6.45) is 0. The predicted octanol–water partition coefficient (Wildman–Crippen LogP) is 4.24. The largest absolute Gasteiger partial charge is 0.493 e. The van der Waals surface area contributed by atoms with Crippen LogP contribution >= 0.6 is 11.6 Å². The van der Waals surface area contributed by atoms with Gasteiger partial charge in [0.25, 0.3) is 0 Å². The van der Waals surface area contributed by atoms with Crippen LogP contribution in [0.2, 0.25) is 0 Å². The Morgan fingerprint density at radius 2 is 1.90 bits per heavy atom. The lowest BCUT2D eigenvalue weighted by Gasteiger charge is -2.12. The second kappa shape index (κ2) is 6.27. The number of nitriles is 1. The first kappa shape index (κ1) is 14.2. The Morgan fingerprint density at radius 1 is 1.15 bits per heavy atom. The van der Waals surface area contributed by atoms with Crippen LogP contribution in [0.3, 0.4) is 0 Å². The van der Waals surface area contributed by atoms with E-state index in [-0.39, 0.29) is 11.7 Å². The number of hydrogen-bond acceptors (Lipinski definition) is 3. The highest BCUT2D eigenvalue weighted by molar-refractivity contribution is 6.17. The normalized spacial score (nSPS) is 9.90. The Balaban J connectivity index is 2.37. The lowest BCUT2D eigenvalue weighted by molar-refractivity contribution is 0.377. The molecular weight excluding hydrogens is 281 g/mol. The summed E-state index contributed by atoms with van der Waals surface area (Å²) >= 11 is 5.77. The van der Waals surface area contributed by atoms with Crippen LogP contribution in [0.25, 0.3) is 0 Å². The summed E-state index contributed by atoms with van der Waals surface area (Å²) < 4.78 is 24.0. The van der Waals surface area contributed by atoms with Crippen LogP contribution in [0.15, 0.2) is 36.4 Å². The van der Waals surface area contributed by atoms with Gasteiger partial charge in [-0.25, -0.2) is 4.39 Å². The van der Waals surface area contributed by atoms with Crippen molar-refractivity contribution < 1.29 is 13.9 Å². The topological polar surface area (TPSA) is 42.2 Å². The molecule has 5 heteroatoms. The Kier molecular flexibility index (Phi) is 4.44. The molecule has 102 valence electrons. The third-order valence-corrected chi connectivity index (χ3v) is 2.97. The third kappa shape index (κ3) is 3.01. The van der Waals surface area contributed by atoms with Crippen LogP contribution in [0.1, 0.15) is 11.1 Å². The highest BCUT2D eigenvalue weighted by atomic mass is 35.5. The van der Waals surface area contributed by atoms with Gasteiger partial charge in [-0.1, -0.05) is 0 Å². The van der Waals surface area contributed by atoms with Gasteiger partial charge in [0, 0.05) is 11.6 Å². The molecule has 0 bridgehead atoms. The van der Waals surface area contributed by atoms with E-state index >= 15 is 0 Å². The average Bonchev–Trinajstić information content (AvgIpc) is 2.49. The zero-order valence-corrected chi connectivity index (χ0v) is 11.4. The van der Waals surface area contributed by atoms with Crippen molar-refractivity contribution in [3.8, 4) is 23.3 Å². The number of rotatable bonds is 4. The fraction of sp³-hybridized carbons (Fsp3) is 0.133. The Hall–Kier alpha value is -2.25. The zero-order chi connectivity index (χ0) is 14.5. The Morgan fingerprint density at radius 3 is 2.55 bits per heavy atom. The van der Waals surface area contributed by atoms with Crippen molar-refractivity contribution in [1.29, 1.82) is 5.26 Å². The molecule has 0 amide bonds. The highest BCUT2D eigenvalue weighted by Crippen LogP contribution is 2.34. The van der Waals surface area contributed by atoms with E-state index in [1.165, 1.54) is 25.3 Å². The van der Waals surface area contributed by atoms with Crippen molar-refractivity contribution in [2.75, 3.05) is 7.11 Å². The van der Waals surface area contributed by atoms with Crippen molar-refractivity contribution in [1.82, 2.24) is 0 Å². The number of hydrogen-bond donors (Lipinski definition) is 0.